The van der Waals surface area contributed by atoms with Crippen molar-refractivity contribution < 1.29 is 9.84 Å². The maximum atomic E-state index is 10.6. The van der Waals surface area contributed by atoms with Gasteiger partial charge >= 0.3 is 0 Å². The summed E-state index contributed by atoms with van der Waals surface area (Å²) in [6.45, 7) is 3.03. The van der Waals surface area contributed by atoms with Crippen LogP contribution in [0.2, 0.25) is 5.02 Å². The predicted molar refractivity (Wildman–Crippen MR) is 81.5 cm³/mol. The van der Waals surface area contributed by atoms with Gasteiger partial charge < -0.3 is 9.84 Å². The molecule has 0 radical (unpaired) electrons. The molecule has 2 nitrogen and oxygen atoms in total. The number of fused-ring (bicyclic) bond motifs is 1. The first-order chi connectivity index (χ1) is 9.63. The SMILES string of the molecule is CC1CCCC(C(O)Cc2cc(Cl)cc3c2OCC3)C1. The molecular formula is C17H23ClO2. The summed E-state index contributed by atoms with van der Waals surface area (Å²) in [7, 11) is 0. The Hall–Kier alpha value is -0.730. The van der Waals surface area contributed by atoms with Crippen LogP contribution in [-0.4, -0.2) is 17.8 Å². The highest BCUT2D eigenvalue weighted by Crippen LogP contribution is 2.36. The number of halogens is 1. The Morgan fingerprint density at radius 2 is 2.25 bits per heavy atom. The first-order valence-corrected chi connectivity index (χ1v) is 8.13. The smallest absolute Gasteiger partial charge is 0.126 e. The van der Waals surface area contributed by atoms with Crippen molar-refractivity contribution in [3.8, 4) is 5.75 Å². The summed E-state index contributed by atoms with van der Waals surface area (Å²) >= 11 is 6.18. The molecule has 1 aliphatic carbocycles. The van der Waals surface area contributed by atoms with Crippen LogP contribution in [0.15, 0.2) is 12.1 Å². The number of rotatable bonds is 3. The van der Waals surface area contributed by atoms with Gasteiger partial charge in [0.2, 0.25) is 0 Å². The van der Waals surface area contributed by atoms with E-state index in [9.17, 15) is 5.11 Å². The minimum atomic E-state index is -0.274. The maximum absolute atomic E-state index is 10.6. The van der Waals surface area contributed by atoms with Crippen LogP contribution in [0.1, 0.15) is 43.7 Å². The van der Waals surface area contributed by atoms with Gasteiger partial charge in [0.05, 0.1) is 12.7 Å². The molecule has 20 heavy (non-hydrogen) atoms. The third kappa shape index (κ3) is 2.96. The first kappa shape index (κ1) is 14.2. The molecule has 1 aromatic carbocycles. The average molecular weight is 295 g/mol. The minimum Gasteiger partial charge on any atom is -0.493 e. The molecule has 0 saturated heterocycles. The van der Waals surface area contributed by atoms with E-state index in [0.29, 0.717) is 12.3 Å². The van der Waals surface area contributed by atoms with Crippen molar-refractivity contribution in [3.63, 3.8) is 0 Å². The lowest BCUT2D eigenvalue weighted by Crippen LogP contribution is -2.27. The fraction of sp³-hybridized carbons (Fsp3) is 0.647. The van der Waals surface area contributed by atoms with Crippen LogP contribution in [-0.2, 0) is 12.8 Å². The molecule has 3 unspecified atom stereocenters. The molecule has 3 heteroatoms. The number of aliphatic hydroxyl groups excluding tert-OH is 1. The number of benzene rings is 1. The Morgan fingerprint density at radius 3 is 3.05 bits per heavy atom. The first-order valence-electron chi connectivity index (χ1n) is 7.75. The number of hydrogen-bond acceptors (Lipinski definition) is 2. The van der Waals surface area contributed by atoms with E-state index in [1.807, 2.05) is 12.1 Å². The van der Waals surface area contributed by atoms with Crippen LogP contribution in [0, 0.1) is 11.8 Å². The van der Waals surface area contributed by atoms with Crippen molar-refractivity contribution in [2.45, 2.75) is 51.6 Å². The maximum Gasteiger partial charge on any atom is 0.126 e. The van der Waals surface area contributed by atoms with E-state index in [4.69, 9.17) is 16.3 Å². The van der Waals surface area contributed by atoms with Gasteiger partial charge in [-0.05, 0) is 47.9 Å². The summed E-state index contributed by atoms with van der Waals surface area (Å²) in [6.07, 6.45) is 6.16. The third-order valence-corrected chi connectivity index (χ3v) is 4.99. The highest BCUT2D eigenvalue weighted by molar-refractivity contribution is 6.30. The molecule has 1 fully saturated rings. The van der Waals surface area contributed by atoms with Crippen molar-refractivity contribution in [2.75, 3.05) is 6.61 Å². The van der Waals surface area contributed by atoms with Gasteiger partial charge in [0.15, 0.2) is 0 Å². The molecule has 0 amide bonds. The van der Waals surface area contributed by atoms with Gasteiger partial charge in [0.1, 0.15) is 5.75 Å². The Bertz CT molecular complexity index is 486. The van der Waals surface area contributed by atoms with Gasteiger partial charge in [-0.2, -0.15) is 0 Å². The van der Waals surface area contributed by atoms with Crippen molar-refractivity contribution in [1.29, 1.82) is 0 Å². The normalized spacial score (nSPS) is 26.9. The van der Waals surface area contributed by atoms with Gasteiger partial charge in [-0.3, -0.25) is 0 Å². The molecule has 1 saturated carbocycles. The zero-order valence-corrected chi connectivity index (χ0v) is 12.8. The largest absolute Gasteiger partial charge is 0.493 e. The average Bonchev–Trinajstić information content (AvgIpc) is 2.86. The number of aliphatic hydroxyl groups is 1. The number of ether oxygens (including phenoxy) is 1. The van der Waals surface area contributed by atoms with Crippen LogP contribution in [0.5, 0.6) is 5.75 Å². The van der Waals surface area contributed by atoms with Gasteiger partial charge in [-0.1, -0.05) is 31.4 Å². The lowest BCUT2D eigenvalue weighted by atomic mass is 9.78. The van der Waals surface area contributed by atoms with Crippen molar-refractivity contribution >= 4 is 11.6 Å². The second-order valence-electron chi connectivity index (χ2n) is 6.45. The minimum absolute atomic E-state index is 0.274. The summed E-state index contributed by atoms with van der Waals surface area (Å²) in [4.78, 5) is 0. The molecule has 110 valence electrons. The topological polar surface area (TPSA) is 29.5 Å². The monoisotopic (exact) mass is 294 g/mol. The lowest BCUT2D eigenvalue weighted by Gasteiger charge is -2.30. The second kappa shape index (κ2) is 5.95. The summed E-state index contributed by atoms with van der Waals surface area (Å²) in [5.41, 5.74) is 2.27. The van der Waals surface area contributed by atoms with Gasteiger partial charge in [-0.15, -0.1) is 0 Å². The van der Waals surface area contributed by atoms with E-state index < -0.39 is 0 Å². The van der Waals surface area contributed by atoms with E-state index in [0.717, 1.165) is 48.1 Å². The molecule has 1 aromatic rings. The molecule has 0 bridgehead atoms. The quantitative estimate of drug-likeness (QED) is 0.913. The summed E-state index contributed by atoms with van der Waals surface area (Å²) < 4.78 is 5.72. The summed E-state index contributed by atoms with van der Waals surface area (Å²) in [6, 6.07) is 3.95. The van der Waals surface area contributed by atoms with Gasteiger partial charge in [0, 0.05) is 17.9 Å². The molecule has 1 N–H and O–H groups in total. The van der Waals surface area contributed by atoms with Crippen molar-refractivity contribution in [1.82, 2.24) is 0 Å². The summed E-state index contributed by atoms with van der Waals surface area (Å²) in [5.74, 6) is 2.14. The fourth-order valence-electron chi connectivity index (χ4n) is 3.72. The number of hydrogen-bond donors (Lipinski definition) is 1. The van der Waals surface area contributed by atoms with E-state index in [-0.39, 0.29) is 6.10 Å². The second-order valence-corrected chi connectivity index (χ2v) is 6.89. The van der Waals surface area contributed by atoms with Crippen LogP contribution >= 0.6 is 11.6 Å². The molecule has 1 aliphatic heterocycles. The molecule has 1 heterocycles. The zero-order chi connectivity index (χ0) is 14.1. The Morgan fingerprint density at radius 1 is 1.40 bits per heavy atom. The van der Waals surface area contributed by atoms with Crippen LogP contribution in [0.3, 0.4) is 0 Å². The van der Waals surface area contributed by atoms with Crippen LogP contribution in [0.25, 0.3) is 0 Å². The Balaban J connectivity index is 1.74. The van der Waals surface area contributed by atoms with E-state index in [1.165, 1.54) is 18.4 Å². The summed E-state index contributed by atoms with van der Waals surface area (Å²) in [5, 5.41) is 11.3. The van der Waals surface area contributed by atoms with Crippen molar-refractivity contribution in [3.05, 3.63) is 28.3 Å². The third-order valence-electron chi connectivity index (χ3n) is 4.78. The molecule has 3 rings (SSSR count). The standard InChI is InChI=1S/C17H23ClO2/c1-11-3-2-4-12(7-11)16(19)10-14-9-15(18)8-13-5-6-20-17(13)14/h8-9,11-12,16,19H,2-7,10H2,1H3. The Kier molecular flexibility index (Phi) is 4.23. The zero-order valence-electron chi connectivity index (χ0n) is 12.1. The molecule has 3 atom stereocenters. The highest BCUT2D eigenvalue weighted by atomic mass is 35.5. The van der Waals surface area contributed by atoms with Gasteiger partial charge in [-0.25, -0.2) is 0 Å². The van der Waals surface area contributed by atoms with E-state index in [2.05, 4.69) is 6.92 Å². The highest BCUT2D eigenvalue weighted by Gasteiger charge is 2.27. The van der Waals surface area contributed by atoms with Crippen LogP contribution < -0.4 is 4.74 Å². The van der Waals surface area contributed by atoms with E-state index in [1.54, 1.807) is 0 Å². The molecule has 0 spiro atoms. The lowest BCUT2D eigenvalue weighted by molar-refractivity contribution is 0.0715. The van der Waals surface area contributed by atoms with Crippen molar-refractivity contribution in [2.24, 2.45) is 11.8 Å². The predicted octanol–water partition coefficient (Wildman–Crippen LogP) is 4.00. The van der Waals surface area contributed by atoms with Gasteiger partial charge in [0.25, 0.3) is 0 Å². The van der Waals surface area contributed by atoms with E-state index >= 15 is 0 Å². The Labute approximate surface area is 126 Å². The molecular weight excluding hydrogens is 272 g/mol. The fourth-order valence-corrected chi connectivity index (χ4v) is 3.98. The van der Waals surface area contributed by atoms with Crippen LogP contribution in [0.4, 0.5) is 0 Å². The molecule has 2 aliphatic rings. The molecule has 0 aromatic heterocycles.